The molecule has 0 fully saturated rings. The molecule has 0 bridgehead atoms. The molecule has 0 spiro atoms. The number of esters is 1. The van der Waals surface area contributed by atoms with Gasteiger partial charge in [0.25, 0.3) is 5.69 Å². The maximum Gasteiger partial charge on any atom is 0.321 e. The second-order valence-electron chi connectivity index (χ2n) is 3.37. The first kappa shape index (κ1) is 15.1. The molecule has 18 heavy (non-hydrogen) atoms. The largest absolute Gasteiger partial charge is 0.465 e. The molecule has 0 aliphatic heterocycles. The van der Waals surface area contributed by atoms with Crippen LogP contribution in [0.3, 0.4) is 0 Å². The van der Waals surface area contributed by atoms with Crippen molar-refractivity contribution in [2.24, 2.45) is 0 Å². The van der Waals surface area contributed by atoms with Crippen LogP contribution in [0.2, 0.25) is 0 Å². The Morgan fingerprint density at radius 1 is 1.44 bits per heavy atom. The predicted molar refractivity (Wildman–Crippen MR) is 74.1 cm³/mol. The van der Waals surface area contributed by atoms with E-state index in [9.17, 15) is 14.9 Å². The Balaban J connectivity index is 2.99. The Morgan fingerprint density at radius 2 is 2.06 bits per heavy atom. The maximum absolute atomic E-state index is 11.6. The number of para-hydroxylation sites is 1. The fraction of sp³-hybridized carbons (Fsp3) is 0.364. The zero-order chi connectivity index (χ0) is 13.7. The van der Waals surface area contributed by atoms with E-state index >= 15 is 0 Å². The van der Waals surface area contributed by atoms with Gasteiger partial charge in [-0.25, -0.2) is 0 Å². The minimum absolute atomic E-state index is 0.0341. The van der Waals surface area contributed by atoms with E-state index in [0.29, 0.717) is 5.56 Å². The molecule has 0 saturated heterocycles. The van der Waals surface area contributed by atoms with Crippen LogP contribution in [-0.4, -0.2) is 22.3 Å². The lowest BCUT2D eigenvalue weighted by molar-refractivity contribution is -0.385. The van der Waals surface area contributed by atoms with Gasteiger partial charge in [-0.15, -0.1) is 0 Å². The maximum atomic E-state index is 11.6. The lowest BCUT2D eigenvalue weighted by atomic mass is 10.1. The molecule has 0 aromatic heterocycles. The Bertz CT molecular complexity index is 452. The summed E-state index contributed by atoms with van der Waals surface area (Å²) in [5.74, 6) is -0.461. The first-order chi connectivity index (χ1) is 8.49. The van der Waals surface area contributed by atoms with E-state index in [1.807, 2.05) is 0 Å². The van der Waals surface area contributed by atoms with E-state index < -0.39 is 20.5 Å². The van der Waals surface area contributed by atoms with Gasteiger partial charge in [-0.1, -0.05) is 50.1 Å². The van der Waals surface area contributed by atoms with E-state index in [4.69, 9.17) is 4.74 Å². The standard InChI is InChI=1S/C11H11Br2NO4/c1-2-18-11(15)10(13)9(12)7-5-3-4-6-8(7)14(16)17/h3-6,9-10H,2H2,1H3. The van der Waals surface area contributed by atoms with Crippen molar-refractivity contribution in [3.63, 3.8) is 0 Å². The summed E-state index contributed by atoms with van der Waals surface area (Å²) in [6.07, 6.45) is 0. The van der Waals surface area contributed by atoms with E-state index in [-0.39, 0.29) is 12.3 Å². The van der Waals surface area contributed by atoms with E-state index in [1.54, 1.807) is 25.1 Å². The van der Waals surface area contributed by atoms with Crippen molar-refractivity contribution in [1.82, 2.24) is 0 Å². The molecule has 98 valence electrons. The fourth-order valence-electron chi connectivity index (χ4n) is 1.39. The van der Waals surface area contributed by atoms with Crippen molar-refractivity contribution in [3.05, 3.63) is 39.9 Å². The highest BCUT2D eigenvalue weighted by Crippen LogP contribution is 2.36. The van der Waals surface area contributed by atoms with Gasteiger partial charge in [0, 0.05) is 11.6 Å². The number of nitro benzene ring substituents is 1. The SMILES string of the molecule is CCOC(=O)C(Br)C(Br)c1ccccc1[N+](=O)[O-]. The second-order valence-corrected chi connectivity index (χ2v) is 5.34. The molecule has 2 atom stereocenters. The van der Waals surface area contributed by atoms with Gasteiger partial charge in [-0.2, -0.15) is 0 Å². The monoisotopic (exact) mass is 379 g/mol. The second kappa shape index (κ2) is 6.84. The highest BCUT2D eigenvalue weighted by atomic mass is 79.9. The Hall–Kier alpha value is -0.950. The average molecular weight is 381 g/mol. The van der Waals surface area contributed by atoms with Crippen LogP contribution in [0.5, 0.6) is 0 Å². The van der Waals surface area contributed by atoms with Crippen molar-refractivity contribution >= 4 is 43.5 Å². The summed E-state index contributed by atoms with van der Waals surface area (Å²) in [6.45, 7) is 1.96. The number of nitrogens with zero attached hydrogens (tertiary/aromatic N) is 1. The van der Waals surface area contributed by atoms with E-state index in [0.717, 1.165) is 0 Å². The molecule has 2 unspecified atom stereocenters. The molecule has 7 heteroatoms. The molecule has 0 aliphatic rings. The number of hydrogen-bond acceptors (Lipinski definition) is 4. The summed E-state index contributed by atoms with van der Waals surface area (Å²) in [7, 11) is 0. The summed E-state index contributed by atoms with van der Waals surface area (Å²) in [6, 6.07) is 6.26. The molecule has 0 aliphatic carbocycles. The van der Waals surface area contributed by atoms with E-state index in [1.165, 1.54) is 6.07 Å². The summed E-state index contributed by atoms with van der Waals surface area (Å²) in [5.41, 5.74) is 0.394. The van der Waals surface area contributed by atoms with Gasteiger partial charge in [0.1, 0.15) is 4.83 Å². The Kier molecular flexibility index (Phi) is 5.74. The van der Waals surface area contributed by atoms with Crippen molar-refractivity contribution in [2.75, 3.05) is 6.61 Å². The summed E-state index contributed by atoms with van der Waals surface area (Å²) in [5, 5.41) is 10.9. The molecule has 1 aromatic rings. The van der Waals surface area contributed by atoms with Crippen LogP contribution in [-0.2, 0) is 9.53 Å². The predicted octanol–water partition coefficient (Wildman–Crippen LogP) is 3.36. The molecular formula is C11H11Br2NO4. The molecule has 0 N–H and O–H groups in total. The molecule has 1 aromatic carbocycles. The van der Waals surface area contributed by atoms with Crippen LogP contribution in [0.1, 0.15) is 17.3 Å². The van der Waals surface area contributed by atoms with Crippen LogP contribution in [0.25, 0.3) is 0 Å². The molecule has 0 radical (unpaired) electrons. The molecule has 5 nitrogen and oxygen atoms in total. The topological polar surface area (TPSA) is 69.4 Å². The van der Waals surface area contributed by atoms with Gasteiger partial charge < -0.3 is 4.74 Å². The summed E-state index contributed by atoms with van der Waals surface area (Å²) < 4.78 is 4.86. The quantitative estimate of drug-likeness (QED) is 0.340. The Labute approximate surface area is 121 Å². The first-order valence-corrected chi connectivity index (χ1v) is 7.00. The number of alkyl halides is 2. The number of carbonyl (C=O) groups is 1. The van der Waals surface area contributed by atoms with Gasteiger partial charge in [0.05, 0.1) is 16.4 Å². The van der Waals surface area contributed by atoms with Crippen molar-refractivity contribution in [2.45, 2.75) is 16.6 Å². The normalized spacial score (nSPS) is 13.7. The number of nitro groups is 1. The number of ether oxygens (including phenoxy) is 1. The van der Waals surface area contributed by atoms with Gasteiger partial charge >= 0.3 is 5.97 Å². The minimum Gasteiger partial charge on any atom is -0.465 e. The molecular weight excluding hydrogens is 370 g/mol. The third-order valence-corrected chi connectivity index (χ3v) is 4.83. The van der Waals surface area contributed by atoms with Gasteiger partial charge in [0.15, 0.2) is 0 Å². The highest BCUT2D eigenvalue weighted by Gasteiger charge is 2.30. The average Bonchev–Trinajstić information content (AvgIpc) is 2.37. The number of hydrogen-bond donors (Lipinski definition) is 0. The van der Waals surface area contributed by atoms with Gasteiger partial charge in [-0.05, 0) is 6.92 Å². The van der Waals surface area contributed by atoms with Gasteiger partial charge in [-0.3, -0.25) is 14.9 Å². The third kappa shape index (κ3) is 3.52. The molecule has 1 rings (SSSR count). The lowest BCUT2D eigenvalue weighted by Crippen LogP contribution is -2.22. The van der Waals surface area contributed by atoms with Gasteiger partial charge in [0.2, 0.25) is 0 Å². The number of halogens is 2. The zero-order valence-electron chi connectivity index (χ0n) is 9.51. The Morgan fingerprint density at radius 3 is 2.61 bits per heavy atom. The number of benzene rings is 1. The number of rotatable bonds is 5. The minimum atomic E-state index is -0.682. The molecule has 0 saturated carbocycles. The molecule has 0 heterocycles. The highest BCUT2D eigenvalue weighted by molar-refractivity contribution is 9.12. The fourth-order valence-corrected chi connectivity index (χ4v) is 2.41. The third-order valence-electron chi connectivity index (χ3n) is 2.20. The van der Waals surface area contributed by atoms with Crippen LogP contribution >= 0.6 is 31.9 Å². The van der Waals surface area contributed by atoms with Crippen molar-refractivity contribution in [1.29, 1.82) is 0 Å². The smallest absolute Gasteiger partial charge is 0.321 e. The van der Waals surface area contributed by atoms with Crippen LogP contribution in [0.4, 0.5) is 5.69 Å². The first-order valence-electron chi connectivity index (χ1n) is 5.17. The van der Waals surface area contributed by atoms with Crippen LogP contribution < -0.4 is 0 Å². The van der Waals surface area contributed by atoms with Crippen LogP contribution in [0, 0.1) is 10.1 Å². The summed E-state index contributed by atoms with van der Waals surface area (Å²) >= 11 is 6.47. The lowest BCUT2D eigenvalue weighted by Gasteiger charge is -2.15. The molecule has 0 amide bonds. The zero-order valence-corrected chi connectivity index (χ0v) is 12.7. The van der Waals surface area contributed by atoms with Crippen molar-refractivity contribution < 1.29 is 14.5 Å². The summed E-state index contributed by atoms with van der Waals surface area (Å²) in [4.78, 5) is 20.8. The number of carbonyl (C=O) groups excluding carboxylic acids is 1. The van der Waals surface area contributed by atoms with E-state index in [2.05, 4.69) is 31.9 Å². The van der Waals surface area contributed by atoms with Crippen LogP contribution in [0.15, 0.2) is 24.3 Å². The van der Waals surface area contributed by atoms with Crippen molar-refractivity contribution in [3.8, 4) is 0 Å².